The Morgan fingerprint density at radius 1 is 1.35 bits per heavy atom. The van der Waals surface area contributed by atoms with E-state index in [9.17, 15) is 0 Å². The minimum Gasteiger partial charge on any atom is -0.495 e. The smallest absolute Gasteiger partial charge is 0.137 e. The van der Waals surface area contributed by atoms with E-state index in [1.807, 2.05) is 37.6 Å². The van der Waals surface area contributed by atoms with Gasteiger partial charge in [-0.15, -0.1) is 0 Å². The standard InChI is InChI=1S/C16H19ClN2O/c1-4-11-10-19-8-7-13(11)16(18-2)12-5-6-14(17)15(9-12)20-3/h5-10,16,18H,4H2,1-3H3. The van der Waals surface area contributed by atoms with E-state index < -0.39 is 0 Å². The molecular weight excluding hydrogens is 272 g/mol. The van der Waals surface area contributed by atoms with Crippen molar-refractivity contribution in [2.45, 2.75) is 19.4 Å². The molecule has 2 aromatic rings. The van der Waals surface area contributed by atoms with Gasteiger partial charge in [0.1, 0.15) is 5.75 Å². The molecule has 0 aliphatic heterocycles. The minimum atomic E-state index is 0.0964. The van der Waals surface area contributed by atoms with Crippen LogP contribution in [0.5, 0.6) is 5.75 Å². The van der Waals surface area contributed by atoms with Crippen molar-refractivity contribution in [1.29, 1.82) is 0 Å². The van der Waals surface area contributed by atoms with Gasteiger partial charge in [0, 0.05) is 12.4 Å². The maximum absolute atomic E-state index is 6.09. The Bertz CT molecular complexity index is 586. The summed E-state index contributed by atoms with van der Waals surface area (Å²) in [5.74, 6) is 0.691. The summed E-state index contributed by atoms with van der Waals surface area (Å²) in [7, 11) is 3.58. The first kappa shape index (κ1) is 14.8. The summed E-state index contributed by atoms with van der Waals surface area (Å²) in [6, 6.07) is 8.02. The Morgan fingerprint density at radius 3 is 2.80 bits per heavy atom. The van der Waals surface area contributed by atoms with E-state index in [2.05, 4.69) is 23.3 Å². The molecule has 1 heterocycles. The highest BCUT2D eigenvalue weighted by Gasteiger charge is 2.16. The van der Waals surface area contributed by atoms with Crippen molar-refractivity contribution in [3.63, 3.8) is 0 Å². The third-order valence-corrected chi connectivity index (χ3v) is 3.74. The van der Waals surface area contributed by atoms with Crippen molar-refractivity contribution in [3.05, 3.63) is 58.4 Å². The van der Waals surface area contributed by atoms with Crippen molar-refractivity contribution in [3.8, 4) is 5.75 Å². The van der Waals surface area contributed by atoms with E-state index >= 15 is 0 Å². The molecule has 0 saturated carbocycles. The van der Waals surface area contributed by atoms with Gasteiger partial charge in [0.15, 0.2) is 0 Å². The summed E-state index contributed by atoms with van der Waals surface area (Å²) in [6.07, 6.45) is 4.70. The van der Waals surface area contributed by atoms with Crippen LogP contribution < -0.4 is 10.1 Å². The van der Waals surface area contributed by atoms with E-state index in [0.717, 1.165) is 12.0 Å². The van der Waals surface area contributed by atoms with E-state index in [-0.39, 0.29) is 6.04 Å². The highest BCUT2D eigenvalue weighted by Crippen LogP contribution is 2.31. The molecular formula is C16H19ClN2O. The molecule has 1 unspecified atom stereocenters. The van der Waals surface area contributed by atoms with Gasteiger partial charge >= 0.3 is 0 Å². The summed E-state index contributed by atoms with van der Waals surface area (Å²) in [6.45, 7) is 2.13. The lowest BCUT2D eigenvalue weighted by atomic mass is 9.95. The fourth-order valence-corrected chi connectivity index (χ4v) is 2.57. The van der Waals surface area contributed by atoms with E-state index in [4.69, 9.17) is 16.3 Å². The third-order valence-electron chi connectivity index (χ3n) is 3.43. The average Bonchev–Trinajstić information content (AvgIpc) is 2.50. The molecule has 0 aliphatic carbocycles. The molecule has 0 fully saturated rings. The molecule has 106 valence electrons. The lowest BCUT2D eigenvalue weighted by Gasteiger charge is -2.20. The van der Waals surface area contributed by atoms with Crippen LogP contribution in [0.3, 0.4) is 0 Å². The zero-order chi connectivity index (χ0) is 14.5. The molecule has 0 spiro atoms. The van der Waals surface area contributed by atoms with Crippen LogP contribution in [-0.4, -0.2) is 19.1 Å². The lowest BCUT2D eigenvalue weighted by Crippen LogP contribution is -2.19. The van der Waals surface area contributed by atoms with Crippen molar-refractivity contribution in [1.82, 2.24) is 10.3 Å². The topological polar surface area (TPSA) is 34.2 Å². The first-order valence-corrected chi connectivity index (χ1v) is 7.02. The third kappa shape index (κ3) is 2.94. The number of nitrogens with one attached hydrogen (secondary N) is 1. The number of aromatic nitrogens is 1. The van der Waals surface area contributed by atoms with Gasteiger partial charge in [-0.2, -0.15) is 0 Å². The molecule has 0 radical (unpaired) electrons. The molecule has 1 N–H and O–H groups in total. The van der Waals surface area contributed by atoms with Crippen molar-refractivity contribution < 1.29 is 4.74 Å². The number of benzene rings is 1. The molecule has 0 aliphatic rings. The van der Waals surface area contributed by atoms with Gasteiger partial charge in [0.25, 0.3) is 0 Å². The SMILES string of the molecule is CCc1cnccc1C(NC)c1ccc(Cl)c(OC)c1. The molecule has 1 aromatic heterocycles. The number of hydrogen-bond donors (Lipinski definition) is 1. The molecule has 1 atom stereocenters. The molecule has 3 nitrogen and oxygen atoms in total. The maximum Gasteiger partial charge on any atom is 0.137 e. The monoisotopic (exact) mass is 290 g/mol. The molecule has 0 saturated heterocycles. The van der Waals surface area contributed by atoms with Crippen LogP contribution in [0, 0.1) is 0 Å². The van der Waals surface area contributed by atoms with E-state index in [1.54, 1.807) is 7.11 Å². The highest BCUT2D eigenvalue weighted by molar-refractivity contribution is 6.32. The average molecular weight is 291 g/mol. The van der Waals surface area contributed by atoms with Gasteiger partial charge in [-0.1, -0.05) is 24.6 Å². The van der Waals surface area contributed by atoms with Crippen molar-refractivity contribution in [2.75, 3.05) is 14.2 Å². The largest absolute Gasteiger partial charge is 0.495 e. The second-order valence-electron chi connectivity index (χ2n) is 4.54. The molecule has 0 bridgehead atoms. The van der Waals surface area contributed by atoms with Crippen LogP contribution in [0.2, 0.25) is 5.02 Å². The zero-order valence-electron chi connectivity index (χ0n) is 12.0. The number of rotatable bonds is 5. The van der Waals surface area contributed by atoms with Gasteiger partial charge < -0.3 is 10.1 Å². The van der Waals surface area contributed by atoms with Gasteiger partial charge in [-0.3, -0.25) is 4.98 Å². The van der Waals surface area contributed by atoms with Gasteiger partial charge in [-0.05, 0) is 48.4 Å². The van der Waals surface area contributed by atoms with Crippen LogP contribution in [0.4, 0.5) is 0 Å². The van der Waals surface area contributed by atoms with Crippen molar-refractivity contribution in [2.24, 2.45) is 0 Å². The molecule has 2 rings (SSSR count). The molecule has 1 aromatic carbocycles. The van der Waals surface area contributed by atoms with Gasteiger partial charge in [0.05, 0.1) is 18.2 Å². The van der Waals surface area contributed by atoms with Crippen LogP contribution >= 0.6 is 11.6 Å². The summed E-state index contributed by atoms with van der Waals surface area (Å²) < 4.78 is 5.30. The summed E-state index contributed by atoms with van der Waals surface area (Å²) in [4.78, 5) is 4.20. The number of methoxy groups -OCH3 is 1. The normalized spacial score (nSPS) is 12.2. The number of nitrogens with zero attached hydrogens (tertiary/aromatic N) is 1. The Hall–Kier alpha value is -1.58. The van der Waals surface area contributed by atoms with Gasteiger partial charge in [-0.25, -0.2) is 0 Å². The summed E-state index contributed by atoms with van der Waals surface area (Å²) >= 11 is 6.09. The Balaban J connectivity index is 2.47. The summed E-state index contributed by atoms with van der Waals surface area (Å²) in [5, 5.41) is 3.98. The quantitative estimate of drug-likeness (QED) is 0.913. The Kier molecular flexibility index (Phi) is 4.99. The zero-order valence-corrected chi connectivity index (χ0v) is 12.7. The first-order valence-electron chi connectivity index (χ1n) is 6.64. The Morgan fingerprint density at radius 2 is 2.15 bits per heavy atom. The number of hydrogen-bond acceptors (Lipinski definition) is 3. The second kappa shape index (κ2) is 6.73. The predicted octanol–water partition coefficient (Wildman–Crippen LogP) is 3.61. The molecule has 0 amide bonds. The van der Waals surface area contributed by atoms with E-state index in [0.29, 0.717) is 10.8 Å². The Labute approximate surface area is 124 Å². The van der Waals surface area contributed by atoms with E-state index in [1.165, 1.54) is 11.1 Å². The molecule has 20 heavy (non-hydrogen) atoms. The minimum absolute atomic E-state index is 0.0964. The molecule has 4 heteroatoms. The van der Waals surface area contributed by atoms with Crippen LogP contribution in [0.1, 0.15) is 29.7 Å². The fraction of sp³-hybridized carbons (Fsp3) is 0.312. The maximum atomic E-state index is 6.09. The van der Waals surface area contributed by atoms with Crippen molar-refractivity contribution >= 4 is 11.6 Å². The number of aryl methyl sites for hydroxylation is 1. The van der Waals surface area contributed by atoms with Crippen LogP contribution in [0.25, 0.3) is 0 Å². The highest BCUT2D eigenvalue weighted by atomic mass is 35.5. The first-order chi connectivity index (χ1) is 9.71. The number of pyridine rings is 1. The van der Waals surface area contributed by atoms with Crippen LogP contribution in [0.15, 0.2) is 36.7 Å². The number of halogens is 1. The fourth-order valence-electron chi connectivity index (χ4n) is 2.37. The predicted molar refractivity (Wildman–Crippen MR) is 82.5 cm³/mol. The van der Waals surface area contributed by atoms with Gasteiger partial charge in [0.2, 0.25) is 0 Å². The number of ether oxygens (including phenoxy) is 1. The lowest BCUT2D eigenvalue weighted by molar-refractivity contribution is 0.414. The van der Waals surface area contributed by atoms with Crippen LogP contribution in [-0.2, 0) is 6.42 Å². The summed E-state index contributed by atoms with van der Waals surface area (Å²) in [5.41, 5.74) is 3.59. The second-order valence-corrected chi connectivity index (χ2v) is 4.95.